The van der Waals surface area contributed by atoms with Gasteiger partial charge in [-0.15, -0.1) is 0 Å². The molecule has 0 aromatic rings. The van der Waals surface area contributed by atoms with Crippen molar-refractivity contribution in [3.63, 3.8) is 0 Å². The van der Waals surface area contributed by atoms with E-state index in [2.05, 4.69) is 6.92 Å². The summed E-state index contributed by atoms with van der Waals surface area (Å²) in [7, 11) is 0. The third-order valence-electron chi connectivity index (χ3n) is 5.24. The zero-order valence-corrected chi connectivity index (χ0v) is 17.0. The van der Waals surface area contributed by atoms with E-state index in [1.165, 1.54) is 0 Å². The molecule has 1 heterocycles. The lowest BCUT2D eigenvalue weighted by Crippen LogP contribution is -2.58. The molecule has 0 aromatic heterocycles. The quantitative estimate of drug-likeness (QED) is 0.476. The summed E-state index contributed by atoms with van der Waals surface area (Å²) in [4.78, 5) is 36.1. The number of esters is 2. The molecule has 6 heteroatoms. The molecular formula is C20H34O6. The zero-order chi connectivity index (χ0) is 19.5. The highest BCUT2D eigenvalue weighted by molar-refractivity contribution is 5.83. The summed E-state index contributed by atoms with van der Waals surface area (Å²) in [5.41, 5.74) is -1.12. The third-order valence-corrected chi connectivity index (χ3v) is 5.24. The molecule has 26 heavy (non-hydrogen) atoms. The largest absolute Gasteiger partial charge is 0.459 e. The van der Waals surface area contributed by atoms with Gasteiger partial charge >= 0.3 is 11.9 Å². The van der Waals surface area contributed by atoms with E-state index < -0.39 is 35.1 Å². The molecule has 1 saturated heterocycles. The summed E-state index contributed by atoms with van der Waals surface area (Å²) < 4.78 is 11.5. The average Bonchev–Trinajstić information content (AvgIpc) is 2.46. The Bertz CT molecular complexity index is 512. The first kappa shape index (κ1) is 21.2. The summed E-state index contributed by atoms with van der Waals surface area (Å²) >= 11 is 0. The SMILES string of the molecule is CCCC(C)(C)OC(=O)C1CCC2OOC2C1C(=O)OC(C)(C)CCC. The second-order valence-electron chi connectivity index (χ2n) is 8.77. The van der Waals surface area contributed by atoms with Crippen LogP contribution >= 0.6 is 0 Å². The highest BCUT2D eigenvalue weighted by Crippen LogP contribution is 2.42. The van der Waals surface area contributed by atoms with Crippen LogP contribution in [0.1, 0.15) is 80.1 Å². The maximum absolute atomic E-state index is 12.9. The van der Waals surface area contributed by atoms with Crippen molar-refractivity contribution < 1.29 is 28.8 Å². The molecule has 0 amide bonds. The minimum Gasteiger partial charge on any atom is -0.459 e. The van der Waals surface area contributed by atoms with Gasteiger partial charge in [0, 0.05) is 0 Å². The monoisotopic (exact) mass is 370 g/mol. The Labute approximate surface area is 156 Å². The van der Waals surface area contributed by atoms with Crippen molar-refractivity contribution in [3.8, 4) is 0 Å². The normalized spacial score (nSPS) is 28.7. The summed E-state index contributed by atoms with van der Waals surface area (Å²) in [6.45, 7) is 11.7. The minimum absolute atomic E-state index is 0.144. The van der Waals surface area contributed by atoms with Gasteiger partial charge in [-0.1, -0.05) is 26.7 Å². The molecule has 2 aliphatic rings. The Hall–Kier alpha value is -1.14. The number of carbonyl (C=O) groups excluding carboxylic acids is 2. The molecular weight excluding hydrogens is 336 g/mol. The van der Waals surface area contributed by atoms with Gasteiger partial charge in [0.25, 0.3) is 0 Å². The van der Waals surface area contributed by atoms with Crippen LogP contribution in [-0.4, -0.2) is 35.3 Å². The van der Waals surface area contributed by atoms with Crippen molar-refractivity contribution in [2.75, 3.05) is 0 Å². The molecule has 0 spiro atoms. The molecule has 1 saturated carbocycles. The topological polar surface area (TPSA) is 71.1 Å². The fourth-order valence-corrected chi connectivity index (χ4v) is 4.01. The van der Waals surface area contributed by atoms with Gasteiger partial charge in [-0.05, 0) is 53.4 Å². The van der Waals surface area contributed by atoms with E-state index >= 15 is 0 Å². The molecule has 2 rings (SSSR count). The van der Waals surface area contributed by atoms with Gasteiger partial charge in [0.1, 0.15) is 29.3 Å². The minimum atomic E-state index is -0.677. The predicted molar refractivity (Wildman–Crippen MR) is 96.1 cm³/mol. The van der Waals surface area contributed by atoms with Crippen molar-refractivity contribution in [2.45, 2.75) is 103 Å². The lowest BCUT2D eigenvalue weighted by molar-refractivity contribution is -0.481. The van der Waals surface area contributed by atoms with Crippen LogP contribution in [0.15, 0.2) is 0 Å². The number of carbonyl (C=O) groups is 2. The summed E-state index contributed by atoms with van der Waals surface area (Å²) in [5.74, 6) is -1.96. The van der Waals surface area contributed by atoms with Gasteiger partial charge in [-0.2, -0.15) is 0 Å². The van der Waals surface area contributed by atoms with E-state index in [1.54, 1.807) is 0 Å². The van der Waals surface area contributed by atoms with Gasteiger partial charge in [0.2, 0.25) is 0 Å². The summed E-state index contributed by atoms with van der Waals surface area (Å²) in [6.07, 6.45) is 4.01. The van der Waals surface area contributed by atoms with E-state index in [9.17, 15) is 9.59 Å². The highest BCUT2D eigenvalue weighted by atomic mass is 17.2. The van der Waals surface area contributed by atoms with Crippen LogP contribution in [0.4, 0.5) is 0 Å². The molecule has 1 aliphatic carbocycles. The standard InChI is InChI=1S/C20H34O6/c1-7-11-19(3,4)23-17(21)13-9-10-14-16(26-25-14)15(13)18(22)24-20(5,6)12-8-2/h13-16H,7-12H2,1-6H3. The second kappa shape index (κ2) is 8.26. The zero-order valence-electron chi connectivity index (χ0n) is 17.0. The Morgan fingerprint density at radius 2 is 1.42 bits per heavy atom. The van der Waals surface area contributed by atoms with E-state index in [-0.39, 0.29) is 12.1 Å². The molecule has 2 fully saturated rings. The van der Waals surface area contributed by atoms with Crippen LogP contribution in [0.3, 0.4) is 0 Å². The lowest BCUT2D eigenvalue weighted by atomic mass is 9.74. The lowest BCUT2D eigenvalue weighted by Gasteiger charge is -2.46. The number of hydrogen-bond acceptors (Lipinski definition) is 6. The van der Waals surface area contributed by atoms with E-state index in [4.69, 9.17) is 19.2 Å². The molecule has 4 atom stereocenters. The Kier molecular flexibility index (Phi) is 6.72. The first-order valence-corrected chi connectivity index (χ1v) is 9.88. The summed E-state index contributed by atoms with van der Waals surface area (Å²) in [5, 5.41) is 0. The highest BCUT2D eigenvalue weighted by Gasteiger charge is 2.55. The number of rotatable bonds is 8. The van der Waals surface area contributed by atoms with Gasteiger partial charge < -0.3 is 9.47 Å². The number of fused-ring (bicyclic) bond motifs is 1. The maximum atomic E-state index is 12.9. The fourth-order valence-electron chi connectivity index (χ4n) is 4.01. The predicted octanol–water partition coefficient (Wildman–Crippen LogP) is 3.96. The van der Waals surface area contributed by atoms with Crippen LogP contribution in [0, 0.1) is 11.8 Å². The van der Waals surface area contributed by atoms with E-state index in [1.807, 2.05) is 34.6 Å². The Morgan fingerprint density at radius 3 is 1.88 bits per heavy atom. The molecule has 1 aliphatic heterocycles. The number of ether oxygens (including phenoxy) is 2. The first-order valence-electron chi connectivity index (χ1n) is 9.88. The molecule has 0 aromatic carbocycles. The third kappa shape index (κ3) is 4.97. The van der Waals surface area contributed by atoms with Crippen molar-refractivity contribution in [3.05, 3.63) is 0 Å². The fraction of sp³-hybridized carbons (Fsp3) is 0.900. The van der Waals surface area contributed by atoms with Crippen LogP contribution < -0.4 is 0 Å². The second-order valence-corrected chi connectivity index (χ2v) is 8.77. The van der Waals surface area contributed by atoms with Crippen molar-refractivity contribution in [2.24, 2.45) is 11.8 Å². The smallest absolute Gasteiger partial charge is 0.313 e. The van der Waals surface area contributed by atoms with Gasteiger partial charge in [0.15, 0.2) is 0 Å². The van der Waals surface area contributed by atoms with Gasteiger partial charge in [0.05, 0.1) is 5.92 Å². The van der Waals surface area contributed by atoms with Crippen LogP contribution in [0.2, 0.25) is 0 Å². The van der Waals surface area contributed by atoms with Crippen LogP contribution in [-0.2, 0) is 28.8 Å². The van der Waals surface area contributed by atoms with E-state index in [0.29, 0.717) is 12.8 Å². The van der Waals surface area contributed by atoms with Crippen molar-refractivity contribution in [1.29, 1.82) is 0 Å². The molecule has 150 valence electrons. The van der Waals surface area contributed by atoms with Crippen LogP contribution in [0.25, 0.3) is 0 Å². The van der Waals surface area contributed by atoms with Gasteiger partial charge in [-0.25, -0.2) is 9.78 Å². The molecule has 0 N–H and O–H groups in total. The van der Waals surface area contributed by atoms with Crippen molar-refractivity contribution >= 4 is 11.9 Å². The number of hydrogen-bond donors (Lipinski definition) is 0. The Balaban J connectivity index is 2.13. The van der Waals surface area contributed by atoms with Crippen LogP contribution in [0.5, 0.6) is 0 Å². The van der Waals surface area contributed by atoms with E-state index in [0.717, 1.165) is 25.7 Å². The average molecular weight is 370 g/mol. The van der Waals surface area contributed by atoms with Gasteiger partial charge in [-0.3, -0.25) is 9.59 Å². The molecule has 6 nitrogen and oxygen atoms in total. The molecule has 4 unspecified atom stereocenters. The maximum Gasteiger partial charge on any atom is 0.313 e. The molecule has 0 radical (unpaired) electrons. The first-order chi connectivity index (χ1) is 12.1. The van der Waals surface area contributed by atoms with Crippen molar-refractivity contribution in [1.82, 2.24) is 0 Å². The summed E-state index contributed by atoms with van der Waals surface area (Å²) in [6, 6.07) is 0. The Morgan fingerprint density at radius 1 is 0.885 bits per heavy atom. The molecule has 0 bridgehead atoms.